The fraction of sp³-hybridized carbons (Fsp3) is 0.519. The van der Waals surface area contributed by atoms with Crippen molar-refractivity contribution in [1.29, 1.82) is 0 Å². The summed E-state index contributed by atoms with van der Waals surface area (Å²) < 4.78 is 33.4. The van der Waals surface area contributed by atoms with Crippen LogP contribution in [-0.2, 0) is 26.0 Å². The van der Waals surface area contributed by atoms with Crippen LogP contribution in [0.3, 0.4) is 0 Å². The molecule has 2 aliphatic rings. The third-order valence-corrected chi connectivity index (χ3v) is 8.66. The number of carbonyl (C=O) groups is 1. The number of hydrogen-bond donors (Lipinski definition) is 1. The van der Waals surface area contributed by atoms with Gasteiger partial charge >= 0.3 is 0 Å². The highest BCUT2D eigenvalue weighted by Crippen LogP contribution is 2.22. The number of benzene rings is 2. The van der Waals surface area contributed by atoms with E-state index in [-0.39, 0.29) is 16.9 Å². The highest BCUT2D eigenvalue weighted by Gasteiger charge is 2.26. The number of ether oxygens (including phenoxy) is 1. The molecule has 1 atom stereocenters. The fourth-order valence-electron chi connectivity index (χ4n) is 4.79. The summed E-state index contributed by atoms with van der Waals surface area (Å²) in [5.74, 6) is -0.0992. The molecule has 0 radical (unpaired) electrons. The van der Waals surface area contributed by atoms with Gasteiger partial charge in [-0.2, -0.15) is 4.31 Å². The zero-order valence-corrected chi connectivity index (χ0v) is 21.2. The highest BCUT2D eigenvalue weighted by atomic mass is 32.2. The molecule has 2 aromatic rings. The van der Waals surface area contributed by atoms with Gasteiger partial charge < -0.3 is 10.1 Å². The Hall–Kier alpha value is -2.26. The van der Waals surface area contributed by atoms with Crippen LogP contribution in [0.15, 0.2) is 59.5 Å². The van der Waals surface area contributed by atoms with Crippen molar-refractivity contribution in [3.8, 4) is 0 Å². The minimum absolute atomic E-state index is 0.0992. The van der Waals surface area contributed by atoms with Crippen molar-refractivity contribution >= 4 is 21.6 Å². The van der Waals surface area contributed by atoms with Gasteiger partial charge in [0.25, 0.3) is 0 Å². The van der Waals surface area contributed by atoms with Crippen molar-refractivity contribution in [1.82, 2.24) is 9.21 Å². The lowest BCUT2D eigenvalue weighted by atomic mass is 10.1. The molecule has 1 N–H and O–H groups in total. The summed E-state index contributed by atoms with van der Waals surface area (Å²) in [6, 6.07) is 16.9. The van der Waals surface area contributed by atoms with Crippen LogP contribution >= 0.6 is 0 Å². The average Bonchev–Trinajstić information content (AvgIpc) is 3.11. The molecule has 0 bridgehead atoms. The minimum atomic E-state index is -3.48. The first-order chi connectivity index (χ1) is 17.0. The van der Waals surface area contributed by atoms with Crippen molar-refractivity contribution < 1.29 is 17.9 Å². The quantitative estimate of drug-likeness (QED) is 0.502. The van der Waals surface area contributed by atoms with Gasteiger partial charge in [-0.1, -0.05) is 43.2 Å². The normalized spacial score (nSPS) is 19.9. The Morgan fingerprint density at radius 3 is 2.37 bits per heavy atom. The van der Waals surface area contributed by atoms with Crippen LogP contribution in [0, 0.1) is 0 Å². The topological polar surface area (TPSA) is 79.0 Å². The predicted octanol–water partition coefficient (Wildman–Crippen LogP) is 3.91. The van der Waals surface area contributed by atoms with E-state index in [0.29, 0.717) is 25.3 Å². The Labute approximate surface area is 209 Å². The van der Waals surface area contributed by atoms with Gasteiger partial charge in [0, 0.05) is 38.5 Å². The molecule has 2 saturated heterocycles. The van der Waals surface area contributed by atoms with Crippen LogP contribution in [0.4, 0.5) is 5.69 Å². The van der Waals surface area contributed by atoms with Crippen molar-refractivity contribution in [3.05, 3.63) is 60.2 Å². The van der Waals surface area contributed by atoms with E-state index < -0.39 is 10.0 Å². The number of anilines is 1. The second kappa shape index (κ2) is 12.6. The monoisotopic (exact) mass is 499 g/mol. The molecule has 0 aromatic heterocycles. The molecule has 1 amide bonds. The van der Waals surface area contributed by atoms with Crippen molar-refractivity contribution in [3.63, 3.8) is 0 Å². The minimum Gasteiger partial charge on any atom is -0.377 e. The van der Waals surface area contributed by atoms with Gasteiger partial charge in [0.15, 0.2) is 0 Å². The molecule has 35 heavy (non-hydrogen) atoms. The first-order valence-electron chi connectivity index (χ1n) is 12.8. The van der Waals surface area contributed by atoms with Gasteiger partial charge in [0.05, 0.1) is 17.5 Å². The zero-order valence-electron chi connectivity index (χ0n) is 20.4. The van der Waals surface area contributed by atoms with Gasteiger partial charge in [0.1, 0.15) is 0 Å². The van der Waals surface area contributed by atoms with E-state index >= 15 is 0 Å². The number of likely N-dealkylation sites (tertiary alicyclic amines) is 1. The Balaban J connectivity index is 1.18. The lowest BCUT2D eigenvalue weighted by Crippen LogP contribution is -2.33. The van der Waals surface area contributed by atoms with Crippen LogP contribution in [0.5, 0.6) is 0 Å². The van der Waals surface area contributed by atoms with Gasteiger partial charge in [-0.05, 0) is 61.9 Å². The summed E-state index contributed by atoms with van der Waals surface area (Å²) in [4.78, 5) is 14.9. The van der Waals surface area contributed by atoms with E-state index in [1.54, 1.807) is 28.6 Å². The van der Waals surface area contributed by atoms with E-state index in [4.69, 9.17) is 4.74 Å². The first kappa shape index (κ1) is 25.8. The van der Waals surface area contributed by atoms with E-state index in [1.807, 2.05) is 6.07 Å². The number of nitrogens with zero attached hydrogens (tertiary/aromatic N) is 2. The van der Waals surface area contributed by atoms with Gasteiger partial charge in [-0.3, -0.25) is 9.69 Å². The Morgan fingerprint density at radius 2 is 1.66 bits per heavy atom. The van der Waals surface area contributed by atoms with Crippen LogP contribution in [-0.4, -0.2) is 69.0 Å². The van der Waals surface area contributed by atoms with Gasteiger partial charge in [-0.15, -0.1) is 0 Å². The van der Waals surface area contributed by atoms with E-state index in [9.17, 15) is 13.2 Å². The van der Waals surface area contributed by atoms with E-state index in [0.717, 1.165) is 64.6 Å². The number of carbonyl (C=O) groups excluding carboxylic acids is 1. The molecule has 1 unspecified atom stereocenters. The number of hydrogen-bond acceptors (Lipinski definition) is 5. The largest absolute Gasteiger partial charge is 0.377 e. The SMILES string of the molecule is O=C(CN1CCC(OCCCc2ccccc2)C1)Nc1ccc(S(=O)(=O)N2CCCCCC2)cc1. The number of rotatable bonds is 10. The van der Waals surface area contributed by atoms with Crippen LogP contribution in [0.1, 0.15) is 44.1 Å². The summed E-state index contributed by atoms with van der Waals surface area (Å²) in [6.45, 7) is 3.78. The Bertz CT molecular complexity index is 1040. The summed E-state index contributed by atoms with van der Waals surface area (Å²) in [6.07, 6.45) is 7.07. The predicted molar refractivity (Wildman–Crippen MR) is 138 cm³/mol. The van der Waals surface area contributed by atoms with E-state index in [2.05, 4.69) is 34.5 Å². The van der Waals surface area contributed by atoms with Crippen molar-refractivity contribution in [2.24, 2.45) is 0 Å². The van der Waals surface area contributed by atoms with Gasteiger partial charge in [-0.25, -0.2) is 8.42 Å². The summed E-state index contributed by atoms with van der Waals surface area (Å²) >= 11 is 0. The lowest BCUT2D eigenvalue weighted by Gasteiger charge is -2.20. The molecule has 7 nitrogen and oxygen atoms in total. The molecule has 8 heteroatoms. The number of sulfonamides is 1. The van der Waals surface area contributed by atoms with Crippen LogP contribution in [0.2, 0.25) is 0 Å². The molecule has 0 spiro atoms. The molecule has 0 saturated carbocycles. The Morgan fingerprint density at radius 1 is 0.943 bits per heavy atom. The maximum Gasteiger partial charge on any atom is 0.243 e. The number of nitrogens with one attached hydrogen (secondary N) is 1. The smallest absolute Gasteiger partial charge is 0.243 e. The maximum atomic E-state index is 12.9. The molecule has 4 rings (SSSR count). The van der Waals surface area contributed by atoms with Crippen LogP contribution in [0.25, 0.3) is 0 Å². The Kier molecular flexibility index (Phi) is 9.31. The van der Waals surface area contributed by atoms with Crippen molar-refractivity contribution in [2.45, 2.75) is 55.9 Å². The molecule has 2 aromatic carbocycles. The van der Waals surface area contributed by atoms with Crippen molar-refractivity contribution in [2.75, 3.05) is 44.6 Å². The maximum absolute atomic E-state index is 12.9. The average molecular weight is 500 g/mol. The standard InChI is InChI=1S/C27H37N3O4S/c31-27(22-29-19-16-25(21-29)34-20-8-11-23-9-4-3-5-10-23)28-24-12-14-26(15-13-24)35(32,33)30-17-6-1-2-7-18-30/h3-5,9-10,12-15,25H,1-2,6-8,11,16-22H2,(H,28,31). The zero-order chi connectivity index (χ0) is 24.5. The molecular weight excluding hydrogens is 462 g/mol. The summed E-state index contributed by atoms with van der Waals surface area (Å²) in [7, 11) is -3.48. The summed E-state index contributed by atoms with van der Waals surface area (Å²) in [5, 5.41) is 2.89. The summed E-state index contributed by atoms with van der Waals surface area (Å²) in [5.41, 5.74) is 1.94. The van der Waals surface area contributed by atoms with E-state index in [1.165, 1.54) is 5.56 Å². The molecule has 2 aliphatic heterocycles. The molecule has 190 valence electrons. The van der Waals surface area contributed by atoms with Gasteiger partial charge in [0.2, 0.25) is 15.9 Å². The van der Waals surface area contributed by atoms with Crippen LogP contribution < -0.4 is 5.32 Å². The third kappa shape index (κ3) is 7.61. The first-order valence-corrected chi connectivity index (χ1v) is 14.2. The molecule has 2 fully saturated rings. The highest BCUT2D eigenvalue weighted by molar-refractivity contribution is 7.89. The lowest BCUT2D eigenvalue weighted by molar-refractivity contribution is -0.117. The fourth-order valence-corrected chi connectivity index (χ4v) is 6.31. The molecule has 0 aliphatic carbocycles. The second-order valence-electron chi connectivity index (χ2n) is 9.50. The molecule has 2 heterocycles. The molecular formula is C27H37N3O4S. The number of amides is 1. The number of aryl methyl sites for hydroxylation is 1. The third-order valence-electron chi connectivity index (χ3n) is 6.74. The second-order valence-corrected chi connectivity index (χ2v) is 11.4.